The van der Waals surface area contributed by atoms with E-state index in [0.717, 1.165) is 24.3 Å². The van der Waals surface area contributed by atoms with Gasteiger partial charge in [-0.15, -0.1) is 0 Å². The highest BCUT2D eigenvalue weighted by Crippen LogP contribution is 2.30. The first-order valence-electron chi connectivity index (χ1n) is 6.96. The van der Waals surface area contributed by atoms with Gasteiger partial charge in [0.1, 0.15) is 5.82 Å². The van der Waals surface area contributed by atoms with E-state index in [1.807, 2.05) is 24.3 Å². The van der Waals surface area contributed by atoms with Gasteiger partial charge in [0, 0.05) is 18.0 Å². The first-order valence-corrected chi connectivity index (χ1v) is 6.96. The van der Waals surface area contributed by atoms with Crippen LogP contribution in [0.4, 0.5) is 5.82 Å². The molecule has 1 aromatic heterocycles. The Balaban J connectivity index is 2.15. The van der Waals surface area contributed by atoms with Crippen molar-refractivity contribution in [2.75, 3.05) is 11.4 Å². The van der Waals surface area contributed by atoms with Crippen LogP contribution in [0.25, 0.3) is 10.9 Å². The number of carbonyl (C=O) groups is 1. The minimum Gasteiger partial charge on any atom is -0.478 e. The molecule has 4 nitrogen and oxygen atoms in total. The number of hydrogen-bond acceptors (Lipinski definition) is 3. The summed E-state index contributed by atoms with van der Waals surface area (Å²) < 4.78 is 0. The first kappa shape index (κ1) is 12.9. The maximum absolute atomic E-state index is 11.5. The monoisotopic (exact) mass is 270 g/mol. The molecule has 0 saturated carbocycles. The number of pyridine rings is 1. The van der Waals surface area contributed by atoms with Gasteiger partial charge in [-0.25, -0.2) is 9.78 Å². The molecule has 1 aromatic carbocycles. The van der Waals surface area contributed by atoms with E-state index >= 15 is 0 Å². The third kappa shape index (κ3) is 2.11. The summed E-state index contributed by atoms with van der Waals surface area (Å²) in [6, 6.07) is 9.53. The summed E-state index contributed by atoms with van der Waals surface area (Å²) >= 11 is 0. The van der Waals surface area contributed by atoms with Crippen LogP contribution in [0, 0.1) is 5.92 Å². The number of hydrogen-bond donors (Lipinski definition) is 1. The Bertz CT molecular complexity index is 669. The largest absolute Gasteiger partial charge is 0.478 e. The molecule has 1 aliphatic rings. The topological polar surface area (TPSA) is 53.4 Å². The van der Waals surface area contributed by atoms with E-state index in [4.69, 9.17) is 0 Å². The highest BCUT2D eigenvalue weighted by Gasteiger charge is 2.28. The summed E-state index contributed by atoms with van der Waals surface area (Å²) in [7, 11) is 0. The molecule has 2 heterocycles. The number of carboxylic acid groups (broad SMARTS) is 1. The molecular weight excluding hydrogens is 252 g/mol. The standard InChI is InChI=1S/C16H18N2O2/c1-10-7-11(2)18(9-10)15-8-13(16(19)20)12-5-3-4-6-14(12)17-15/h3-6,8,10-11H,7,9H2,1-2H3,(H,19,20). The van der Waals surface area contributed by atoms with Gasteiger partial charge in [-0.05, 0) is 31.4 Å². The normalized spacial score (nSPS) is 22.4. The van der Waals surface area contributed by atoms with Crippen molar-refractivity contribution in [1.82, 2.24) is 4.98 Å². The molecule has 4 heteroatoms. The summed E-state index contributed by atoms with van der Waals surface area (Å²) in [6.07, 6.45) is 1.12. The molecule has 1 fully saturated rings. The second-order valence-electron chi connectivity index (χ2n) is 5.69. The van der Waals surface area contributed by atoms with Crippen LogP contribution in [0.3, 0.4) is 0 Å². The summed E-state index contributed by atoms with van der Waals surface area (Å²) in [5.74, 6) is 0.495. The zero-order valence-corrected chi connectivity index (χ0v) is 11.7. The van der Waals surface area contributed by atoms with E-state index in [9.17, 15) is 9.90 Å². The molecule has 2 atom stereocenters. The van der Waals surface area contributed by atoms with Gasteiger partial charge in [-0.3, -0.25) is 0 Å². The molecule has 0 amide bonds. The molecule has 1 saturated heterocycles. The molecule has 1 N–H and O–H groups in total. The Morgan fingerprint density at radius 3 is 2.75 bits per heavy atom. The highest BCUT2D eigenvalue weighted by atomic mass is 16.4. The second kappa shape index (κ2) is 4.78. The molecule has 20 heavy (non-hydrogen) atoms. The van der Waals surface area contributed by atoms with Crippen LogP contribution in [-0.2, 0) is 0 Å². The molecule has 3 rings (SSSR count). The average Bonchev–Trinajstić information content (AvgIpc) is 2.76. The number of carboxylic acids is 1. The fourth-order valence-electron chi connectivity index (χ4n) is 3.10. The third-order valence-electron chi connectivity index (χ3n) is 4.01. The summed E-state index contributed by atoms with van der Waals surface area (Å²) in [6.45, 7) is 5.32. The minimum absolute atomic E-state index is 0.331. The summed E-state index contributed by atoms with van der Waals surface area (Å²) in [5, 5.41) is 10.1. The van der Waals surface area contributed by atoms with E-state index in [-0.39, 0.29) is 0 Å². The summed E-state index contributed by atoms with van der Waals surface area (Å²) in [4.78, 5) is 18.3. The molecule has 0 bridgehead atoms. The highest BCUT2D eigenvalue weighted by molar-refractivity contribution is 6.03. The molecule has 0 spiro atoms. The van der Waals surface area contributed by atoms with E-state index in [2.05, 4.69) is 23.7 Å². The van der Waals surface area contributed by atoms with Crippen molar-refractivity contribution in [3.8, 4) is 0 Å². The second-order valence-corrected chi connectivity index (χ2v) is 5.69. The lowest BCUT2D eigenvalue weighted by Gasteiger charge is -2.23. The SMILES string of the molecule is CC1CC(C)N(c2cc(C(=O)O)c3ccccc3n2)C1. The Labute approximate surface area is 118 Å². The Hall–Kier alpha value is -2.10. The number of nitrogens with zero attached hydrogens (tertiary/aromatic N) is 2. The van der Waals surface area contributed by atoms with Gasteiger partial charge in [0.15, 0.2) is 0 Å². The van der Waals surface area contributed by atoms with Crippen LogP contribution in [0.15, 0.2) is 30.3 Å². The number of rotatable bonds is 2. The molecule has 0 radical (unpaired) electrons. The molecule has 1 aliphatic heterocycles. The van der Waals surface area contributed by atoms with Crippen LogP contribution in [0.5, 0.6) is 0 Å². The maximum Gasteiger partial charge on any atom is 0.336 e. The fourth-order valence-corrected chi connectivity index (χ4v) is 3.10. The number of fused-ring (bicyclic) bond motifs is 1. The molecule has 2 aromatic rings. The Kier molecular flexibility index (Phi) is 3.08. The Morgan fingerprint density at radius 2 is 2.10 bits per heavy atom. The fraction of sp³-hybridized carbons (Fsp3) is 0.375. The van der Waals surface area contributed by atoms with Crippen LogP contribution in [0.2, 0.25) is 0 Å². The van der Waals surface area contributed by atoms with Crippen molar-refractivity contribution in [3.05, 3.63) is 35.9 Å². The quantitative estimate of drug-likeness (QED) is 0.910. The van der Waals surface area contributed by atoms with Gasteiger partial charge in [0.05, 0.1) is 11.1 Å². The molecule has 0 aliphatic carbocycles. The number of para-hydroxylation sites is 1. The minimum atomic E-state index is -0.898. The van der Waals surface area contributed by atoms with Crippen LogP contribution in [-0.4, -0.2) is 28.6 Å². The van der Waals surface area contributed by atoms with Gasteiger partial charge in [0.25, 0.3) is 0 Å². The van der Waals surface area contributed by atoms with E-state index in [0.29, 0.717) is 22.9 Å². The zero-order valence-electron chi connectivity index (χ0n) is 11.7. The van der Waals surface area contributed by atoms with E-state index in [1.165, 1.54) is 0 Å². The van der Waals surface area contributed by atoms with Crippen molar-refractivity contribution in [3.63, 3.8) is 0 Å². The van der Waals surface area contributed by atoms with Crippen molar-refractivity contribution in [2.24, 2.45) is 5.92 Å². The number of aromatic nitrogens is 1. The van der Waals surface area contributed by atoms with Gasteiger partial charge < -0.3 is 10.0 Å². The average molecular weight is 270 g/mol. The molecular formula is C16H18N2O2. The van der Waals surface area contributed by atoms with E-state index < -0.39 is 5.97 Å². The Morgan fingerprint density at radius 1 is 1.35 bits per heavy atom. The lowest BCUT2D eigenvalue weighted by Crippen LogP contribution is -2.27. The number of benzene rings is 1. The number of aromatic carboxylic acids is 1. The third-order valence-corrected chi connectivity index (χ3v) is 4.01. The van der Waals surface area contributed by atoms with Crippen molar-refractivity contribution in [2.45, 2.75) is 26.3 Å². The van der Waals surface area contributed by atoms with Crippen molar-refractivity contribution >= 4 is 22.7 Å². The van der Waals surface area contributed by atoms with Crippen LogP contribution in [0.1, 0.15) is 30.6 Å². The van der Waals surface area contributed by atoms with Gasteiger partial charge >= 0.3 is 5.97 Å². The maximum atomic E-state index is 11.5. The first-order chi connectivity index (χ1) is 9.56. The predicted octanol–water partition coefficient (Wildman–Crippen LogP) is 3.17. The van der Waals surface area contributed by atoms with Gasteiger partial charge in [-0.1, -0.05) is 25.1 Å². The predicted molar refractivity (Wildman–Crippen MR) is 79.3 cm³/mol. The lowest BCUT2D eigenvalue weighted by atomic mass is 10.1. The van der Waals surface area contributed by atoms with Gasteiger partial charge in [-0.2, -0.15) is 0 Å². The van der Waals surface area contributed by atoms with E-state index in [1.54, 1.807) is 6.07 Å². The van der Waals surface area contributed by atoms with Crippen molar-refractivity contribution < 1.29 is 9.90 Å². The smallest absolute Gasteiger partial charge is 0.336 e. The van der Waals surface area contributed by atoms with Crippen LogP contribution < -0.4 is 4.90 Å². The van der Waals surface area contributed by atoms with Crippen LogP contribution >= 0.6 is 0 Å². The zero-order chi connectivity index (χ0) is 14.3. The van der Waals surface area contributed by atoms with Crippen molar-refractivity contribution in [1.29, 1.82) is 0 Å². The number of anilines is 1. The van der Waals surface area contributed by atoms with Gasteiger partial charge in [0.2, 0.25) is 0 Å². The molecule has 104 valence electrons. The molecule has 2 unspecified atom stereocenters. The summed E-state index contributed by atoms with van der Waals surface area (Å²) in [5.41, 5.74) is 1.08. The lowest BCUT2D eigenvalue weighted by molar-refractivity contribution is 0.0699.